The number of hydrogen-bond donors (Lipinski definition) is 1. The van der Waals surface area contributed by atoms with E-state index in [0.29, 0.717) is 17.4 Å². The lowest BCUT2D eigenvalue weighted by Crippen LogP contribution is -2.04. The van der Waals surface area contributed by atoms with Crippen molar-refractivity contribution in [3.05, 3.63) is 47.4 Å². The Kier molecular flexibility index (Phi) is 4.13. The summed E-state index contributed by atoms with van der Waals surface area (Å²) in [6.45, 7) is 6.04. The first-order valence-electron chi connectivity index (χ1n) is 6.70. The topological polar surface area (TPSA) is 63.1 Å². The minimum absolute atomic E-state index is 0.0264. The summed E-state index contributed by atoms with van der Waals surface area (Å²) in [6, 6.07) is 9.61. The second kappa shape index (κ2) is 5.82. The van der Waals surface area contributed by atoms with Crippen molar-refractivity contribution in [1.82, 2.24) is 9.97 Å². The summed E-state index contributed by atoms with van der Waals surface area (Å²) in [5, 5.41) is 9.04. The number of nitrogens with zero attached hydrogens (tertiary/aromatic N) is 2. The molecule has 0 radical (unpaired) electrons. The number of aromatic nitrogens is 2. The Hall–Kier alpha value is -2.23. The Labute approximate surface area is 118 Å². The van der Waals surface area contributed by atoms with Crippen LogP contribution in [-0.2, 0) is 0 Å². The second-order valence-electron chi connectivity index (χ2n) is 4.92. The van der Waals surface area contributed by atoms with E-state index in [-0.39, 0.29) is 5.69 Å². The van der Waals surface area contributed by atoms with Crippen molar-refractivity contribution in [2.24, 2.45) is 0 Å². The highest BCUT2D eigenvalue weighted by atomic mass is 16.4. The number of carboxylic acid groups (broad SMARTS) is 1. The Morgan fingerprint density at radius 2 is 1.90 bits per heavy atom. The van der Waals surface area contributed by atoms with Gasteiger partial charge in [0.05, 0.1) is 5.69 Å². The Morgan fingerprint density at radius 1 is 1.25 bits per heavy atom. The third-order valence-corrected chi connectivity index (χ3v) is 3.44. The molecule has 1 aromatic heterocycles. The molecule has 0 aliphatic carbocycles. The van der Waals surface area contributed by atoms with E-state index in [4.69, 9.17) is 5.11 Å². The van der Waals surface area contributed by atoms with Gasteiger partial charge in [-0.15, -0.1) is 0 Å². The molecule has 0 aliphatic heterocycles. The summed E-state index contributed by atoms with van der Waals surface area (Å²) in [5.74, 6) is -0.0513. The predicted molar refractivity (Wildman–Crippen MR) is 77.9 cm³/mol. The first-order chi connectivity index (χ1) is 9.51. The zero-order valence-electron chi connectivity index (χ0n) is 11.9. The number of carboxylic acids is 1. The van der Waals surface area contributed by atoms with Crippen molar-refractivity contribution < 1.29 is 9.90 Å². The van der Waals surface area contributed by atoms with Crippen molar-refractivity contribution in [3.63, 3.8) is 0 Å². The van der Waals surface area contributed by atoms with Gasteiger partial charge in [-0.3, -0.25) is 0 Å². The molecule has 1 aromatic carbocycles. The molecule has 2 aromatic rings. The van der Waals surface area contributed by atoms with Crippen LogP contribution in [-0.4, -0.2) is 21.0 Å². The monoisotopic (exact) mass is 270 g/mol. The third-order valence-electron chi connectivity index (χ3n) is 3.44. The average molecular weight is 270 g/mol. The summed E-state index contributed by atoms with van der Waals surface area (Å²) in [7, 11) is 0. The highest BCUT2D eigenvalue weighted by Crippen LogP contribution is 2.23. The molecule has 104 valence electrons. The summed E-state index contributed by atoms with van der Waals surface area (Å²) >= 11 is 0. The van der Waals surface area contributed by atoms with Gasteiger partial charge in [0, 0.05) is 5.56 Å². The maximum atomic E-state index is 11.0. The molecular formula is C16H18N2O2. The van der Waals surface area contributed by atoms with E-state index >= 15 is 0 Å². The van der Waals surface area contributed by atoms with Gasteiger partial charge in [-0.2, -0.15) is 0 Å². The first-order valence-corrected chi connectivity index (χ1v) is 6.70. The second-order valence-corrected chi connectivity index (χ2v) is 4.92. The minimum atomic E-state index is -1.03. The van der Waals surface area contributed by atoms with E-state index in [2.05, 4.69) is 35.9 Å². The van der Waals surface area contributed by atoms with Crippen LogP contribution < -0.4 is 0 Å². The molecule has 2 rings (SSSR count). The molecule has 0 fully saturated rings. The number of carbonyl (C=O) groups is 1. The average Bonchev–Trinajstić information content (AvgIpc) is 2.46. The van der Waals surface area contributed by atoms with Gasteiger partial charge < -0.3 is 5.11 Å². The molecule has 1 N–H and O–H groups in total. The standard InChI is InChI=1S/C16H18N2O2/c1-4-10(2)12-5-7-13(8-6-12)14-9-15(16(19)20)18-11(3)17-14/h5-10H,4H2,1-3H3,(H,19,20). The normalized spacial score (nSPS) is 12.2. The molecule has 0 saturated carbocycles. The zero-order valence-corrected chi connectivity index (χ0v) is 11.9. The Balaban J connectivity index is 2.39. The van der Waals surface area contributed by atoms with Gasteiger partial charge in [-0.1, -0.05) is 38.1 Å². The van der Waals surface area contributed by atoms with Crippen molar-refractivity contribution in [2.45, 2.75) is 33.1 Å². The van der Waals surface area contributed by atoms with E-state index in [0.717, 1.165) is 12.0 Å². The summed E-state index contributed by atoms with van der Waals surface area (Å²) in [4.78, 5) is 19.2. The maximum Gasteiger partial charge on any atom is 0.354 e. The van der Waals surface area contributed by atoms with Crippen LogP contribution in [0.2, 0.25) is 0 Å². The number of rotatable bonds is 4. The number of aromatic carboxylic acids is 1. The molecule has 20 heavy (non-hydrogen) atoms. The number of hydrogen-bond acceptors (Lipinski definition) is 3. The van der Waals surface area contributed by atoms with Crippen molar-refractivity contribution in [1.29, 1.82) is 0 Å². The molecule has 4 nitrogen and oxygen atoms in total. The lowest BCUT2D eigenvalue weighted by atomic mass is 9.97. The molecule has 1 unspecified atom stereocenters. The lowest BCUT2D eigenvalue weighted by Gasteiger charge is -2.10. The van der Waals surface area contributed by atoms with E-state index in [1.54, 1.807) is 6.92 Å². The highest BCUT2D eigenvalue weighted by molar-refractivity contribution is 5.86. The lowest BCUT2D eigenvalue weighted by molar-refractivity contribution is 0.0690. The Bertz CT molecular complexity index is 621. The minimum Gasteiger partial charge on any atom is -0.477 e. The van der Waals surface area contributed by atoms with Crippen LogP contribution in [0.4, 0.5) is 0 Å². The van der Waals surface area contributed by atoms with Gasteiger partial charge in [0.1, 0.15) is 5.82 Å². The SMILES string of the molecule is CCC(C)c1ccc(-c2cc(C(=O)O)nc(C)n2)cc1. The Morgan fingerprint density at radius 3 is 2.45 bits per heavy atom. The molecular weight excluding hydrogens is 252 g/mol. The van der Waals surface area contributed by atoms with Crippen LogP contribution in [0.1, 0.15) is 48.1 Å². The summed E-state index contributed by atoms with van der Waals surface area (Å²) in [5.41, 5.74) is 2.86. The summed E-state index contributed by atoms with van der Waals surface area (Å²) < 4.78 is 0. The largest absolute Gasteiger partial charge is 0.477 e. The fourth-order valence-electron chi connectivity index (χ4n) is 2.04. The van der Waals surface area contributed by atoms with Crippen molar-refractivity contribution in [3.8, 4) is 11.3 Å². The van der Waals surface area contributed by atoms with Crippen LogP contribution in [0.5, 0.6) is 0 Å². The molecule has 0 aliphatic rings. The highest BCUT2D eigenvalue weighted by Gasteiger charge is 2.10. The molecule has 0 saturated heterocycles. The first kappa shape index (κ1) is 14.2. The van der Waals surface area contributed by atoms with E-state index in [9.17, 15) is 4.79 Å². The van der Waals surface area contributed by atoms with E-state index in [1.165, 1.54) is 11.6 Å². The van der Waals surface area contributed by atoms with Gasteiger partial charge in [0.25, 0.3) is 0 Å². The van der Waals surface area contributed by atoms with Crippen LogP contribution in [0, 0.1) is 6.92 Å². The number of aryl methyl sites for hydroxylation is 1. The third kappa shape index (κ3) is 3.02. The van der Waals surface area contributed by atoms with Gasteiger partial charge in [-0.05, 0) is 30.9 Å². The van der Waals surface area contributed by atoms with Crippen molar-refractivity contribution >= 4 is 5.97 Å². The van der Waals surface area contributed by atoms with Gasteiger partial charge in [0.15, 0.2) is 5.69 Å². The van der Waals surface area contributed by atoms with Gasteiger partial charge >= 0.3 is 5.97 Å². The molecule has 1 heterocycles. The van der Waals surface area contributed by atoms with Crippen molar-refractivity contribution in [2.75, 3.05) is 0 Å². The van der Waals surface area contributed by atoms with Crippen LogP contribution in [0.25, 0.3) is 11.3 Å². The number of benzene rings is 1. The van der Waals surface area contributed by atoms with Gasteiger partial charge in [-0.25, -0.2) is 14.8 Å². The van der Waals surface area contributed by atoms with E-state index in [1.807, 2.05) is 12.1 Å². The predicted octanol–water partition coefficient (Wildman–Crippen LogP) is 3.66. The fraction of sp³-hybridized carbons (Fsp3) is 0.312. The fourth-order valence-corrected chi connectivity index (χ4v) is 2.04. The van der Waals surface area contributed by atoms with Crippen LogP contribution in [0.3, 0.4) is 0 Å². The molecule has 1 atom stereocenters. The van der Waals surface area contributed by atoms with Gasteiger partial charge in [0.2, 0.25) is 0 Å². The zero-order chi connectivity index (χ0) is 14.7. The smallest absolute Gasteiger partial charge is 0.354 e. The molecule has 0 spiro atoms. The molecule has 4 heteroatoms. The van der Waals surface area contributed by atoms with Crippen LogP contribution >= 0.6 is 0 Å². The van der Waals surface area contributed by atoms with Crippen LogP contribution in [0.15, 0.2) is 30.3 Å². The van der Waals surface area contributed by atoms with E-state index < -0.39 is 5.97 Å². The quantitative estimate of drug-likeness (QED) is 0.920. The summed E-state index contributed by atoms with van der Waals surface area (Å²) in [6.07, 6.45) is 1.09. The molecule has 0 amide bonds. The molecule has 0 bridgehead atoms. The maximum absolute atomic E-state index is 11.0.